The third-order valence-electron chi connectivity index (χ3n) is 3.50. The third-order valence-corrected chi connectivity index (χ3v) is 3.50. The van der Waals surface area contributed by atoms with E-state index in [0.717, 1.165) is 18.7 Å². The SMILES string of the molecule is C/C(=C\c1ccc(C(=O)NO)cc1)CN(C)Cc1ccccc1. The molecule has 0 radical (unpaired) electrons. The molecule has 2 rings (SSSR count). The summed E-state index contributed by atoms with van der Waals surface area (Å²) in [7, 11) is 2.10. The van der Waals surface area contributed by atoms with E-state index in [9.17, 15) is 4.79 Å². The first kappa shape index (κ1) is 16.9. The Kier molecular flexibility index (Phi) is 6.09. The van der Waals surface area contributed by atoms with Crippen LogP contribution in [0.4, 0.5) is 0 Å². The number of benzene rings is 2. The predicted molar refractivity (Wildman–Crippen MR) is 92.1 cm³/mol. The standard InChI is InChI=1S/C19H22N2O2/c1-15(13-21(2)14-17-6-4-3-5-7-17)12-16-8-10-18(11-9-16)19(22)20-23/h3-12,23H,13-14H2,1-2H3,(H,20,22)/b15-12+. The first-order valence-corrected chi connectivity index (χ1v) is 7.52. The van der Waals surface area contributed by atoms with Gasteiger partial charge in [-0.25, -0.2) is 5.48 Å². The molecule has 0 bridgehead atoms. The molecule has 1 amide bonds. The summed E-state index contributed by atoms with van der Waals surface area (Å²) in [5.41, 5.74) is 5.63. The van der Waals surface area contributed by atoms with Crippen LogP contribution in [-0.2, 0) is 6.54 Å². The lowest BCUT2D eigenvalue weighted by molar-refractivity contribution is 0.0706. The van der Waals surface area contributed by atoms with Gasteiger partial charge in [0.05, 0.1) is 0 Å². The Bertz CT molecular complexity index is 664. The summed E-state index contributed by atoms with van der Waals surface area (Å²) in [6, 6.07) is 17.5. The van der Waals surface area contributed by atoms with Crippen molar-refractivity contribution < 1.29 is 10.0 Å². The van der Waals surface area contributed by atoms with Crippen molar-refractivity contribution in [2.45, 2.75) is 13.5 Å². The number of hydrogen-bond donors (Lipinski definition) is 2. The summed E-state index contributed by atoms with van der Waals surface area (Å²) < 4.78 is 0. The van der Waals surface area contributed by atoms with Crippen molar-refractivity contribution in [1.82, 2.24) is 10.4 Å². The smallest absolute Gasteiger partial charge is 0.274 e. The lowest BCUT2D eigenvalue weighted by Gasteiger charge is -2.17. The van der Waals surface area contributed by atoms with E-state index in [-0.39, 0.29) is 0 Å². The summed E-state index contributed by atoms with van der Waals surface area (Å²) in [5.74, 6) is -0.500. The van der Waals surface area contributed by atoms with Gasteiger partial charge in [-0.1, -0.05) is 54.1 Å². The van der Waals surface area contributed by atoms with Crippen LogP contribution in [0.2, 0.25) is 0 Å². The molecule has 0 fully saturated rings. The lowest BCUT2D eigenvalue weighted by atomic mass is 10.1. The average molecular weight is 310 g/mol. The zero-order valence-corrected chi connectivity index (χ0v) is 13.5. The van der Waals surface area contributed by atoms with Crippen LogP contribution in [0.25, 0.3) is 6.08 Å². The predicted octanol–water partition coefficient (Wildman–Crippen LogP) is 3.34. The van der Waals surface area contributed by atoms with Crippen molar-refractivity contribution in [2.24, 2.45) is 0 Å². The zero-order valence-electron chi connectivity index (χ0n) is 13.5. The van der Waals surface area contributed by atoms with E-state index in [1.54, 1.807) is 17.6 Å². The number of hydrogen-bond acceptors (Lipinski definition) is 3. The second-order valence-electron chi connectivity index (χ2n) is 5.71. The minimum Gasteiger partial charge on any atom is -0.298 e. The normalized spacial score (nSPS) is 11.6. The van der Waals surface area contributed by atoms with Crippen molar-refractivity contribution in [3.8, 4) is 0 Å². The van der Waals surface area contributed by atoms with Crippen molar-refractivity contribution in [3.63, 3.8) is 0 Å². The van der Waals surface area contributed by atoms with Crippen LogP contribution < -0.4 is 5.48 Å². The summed E-state index contributed by atoms with van der Waals surface area (Å²) in [6.45, 7) is 3.87. The number of nitrogens with one attached hydrogen (secondary N) is 1. The van der Waals surface area contributed by atoms with Crippen molar-refractivity contribution >= 4 is 12.0 Å². The molecule has 0 unspecified atom stereocenters. The average Bonchev–Trinajstić information content (AvgIpc) is 2.55. The maximum Gasteiger partial charge on any atom is 0.274 e. The Morgan fingerprint density at radius 3 is 2.39 bits per heavy atom. The van der Waals surface area contributed by atoms with Gasteiger partial charge in [0.2, 0.25) is 0 Å². The lowest BCUT2D eigenvalue weighted by Crippen LogP contribution is -2.19. The Balaban J connectivity index is 1.95. The Labute approximate surface area is 137 Å². The summed E-state index contributed by atoms with van der Waals surface area (Å²) in [6.07, 6.45) is 2.10. The van der Waals surface area contributed by atoms with Crippen molar-refractivity contribution in [3.05, 3.63) is 76.9 Å². The molecule has 4 nitrogen and oxygen atoms in total. The molecule has 0 spiro atoms. The number of carbonyl (C=O) groups excluding carboxylic acids is 1. The molecule has 2 N–H and O–H groups in total. The van der Waals surface area contributed by atoms with Crippen LogP contribution in [0.5, 0.6) is 0 Å². The fourth-order valence-corrected chi connectivity index (χ4v) is 2.50. The van der Waals surface area contributed by atoms with Gasteiger partial charge in [-0.05, 0) is 37.2 Å². The molecule has 0 aliphatic rings. The molecule has 23 heavy (non-hydrogen) atoms. The zero-order chi connectivity index (χ0) is 16.7. The molecule has 0 aliphatic heterocycles. The van der Waals surface area contributed by atoms with Gasteiger partial charge in [-0.3, -0.25) is 14.9 Å². The van der Waals surface area contributed by atoms with Crippen molar-refractivity contribution in [2.75, 3.05) is 13.6 Å². The van der Waals surface area contributed by atoms with Gasteiger partial charge in [0, 0.05) is 18.7 Å². The number of carbonyl (C=O) groups is 1. The van der Waals surface area contributed by atoms with Crippen LogP contribution >= 0.6 is 0 Å². The number of nitrogens with zero attached hydrogens (tertiary/aromatic N) is 1. The number of rotatable bonds is 6. The van der Waals surface area contributed by atoms with Gasteiger partial charge in [-0.2, -0.15) is 0 Å². The molecule has 0 aliphatic carbocycles. The molecule has 0 saturated heterocycles. The number of amides is 1. The van der Waals surface area contributed by atoms with Crippen LogP contribution in [0.1, 0.15) is 28.4 Å². The Morgan fingerprint density at radius 1 is 1.13 bits per heavy atom. The maximum atomic E-state index is 11.3. The van der Waals surface area contributed by atoms with E-state index in [1.807, 2.05) is 18.2 Å². The second kappa shape index (κ2) is 8.27. The highest BCUT2D eigenvalue weighted by atomic mass is 16.5. The first-order valence-electron chi connectivity index (χ1n) is 7.52. The topological polar surface area (TPSA) is 52.6 Å². The van der Waals surface area contributed by atoms with Crippen molar-refractivity contribution in [1.29, 1.82) is 0 Å². The summed E-state index contributed by atoms with van der Waals surface area (Å²) in [5, 5.41) is 8.61. The van der Waals surface area contributed by atoms with Gasteiger partial charge in [-0.15, -0.1) is 0 Å². The van der Waals surface area contributed by atoms with Crippen LogP contribution in [0.3, 0.4) is 0 Å². The molecule has 2 aromatic carbocycles. The highest BCUT2D eigenvalue weighted by Crippen LogP contribution is 2.11. The molecule has 0 aromatic heterocycles. The van der Waals surface area contributed by atoms with Gasteiger partial charge in [0.1, 0.15) is 0 Å². The van der Waals surface area contributed by atoms with E-state index in [0.29, 0.717) is 5.56 Å². The van der Waals surface area contributed by atoms with E-state index in [2.05, 4.69) is 49.2 Å². The summed E-state index contributed by atoms with van der Waals surface area (Å²) in [4.78, 5) is 13.5. The highest BCUT2D eigenvalue weighted by Gasteiger charge is 2.04. The molecule has 0 saturated carbocycles. The first-order chi connectivity index (χ1) is 11.1. The number of hydroxylamine groups is 1. The molecule has 0 heterocycles. The molecular formula is C19H22N2O2. The summed E-state index contributed by atoms with van der Waals surface area (Å²) >= 11 is 0. The fourth-order valence-electron chi connectivity index (χ4n) is 2.50. The van der Waals surface area contributed by atoms with Gasteiger partial charge < -0.3 is 0 Å². The maximum absolute atomic E-state index is 11.3. The molecular weight excluding hydrogens is 288 g/mol. The largest absolute Gasteiger partial charge is 0.298 e. The van der Waals surface area contributed by atoms with E-state index < -0.39 is 5.91 Å². The van der Waals surface area contributed by atoms with E-state index >= 15 is 0 Å². The fraction of sp³-hybridized carbons (Fsp3) is 0.211. The minimum absolute atomic E-state index is 0.434. The van der Waals surface area contributed by atoms with Crippen LogP contribution in [0, 0.1) is 0 Å². The van der Waals surface area contributed by atoms with Crippen LogP contribution in [0.15, 0.2) is 60.2 Å². The number of likely N-dealkylation sites (N-methyl/N-ethyl adjacent to an activating group) is 1. The third kappa shape index (κ3) is 5.36. The molecule has 4 heteroatoms. The Hall–Kier alpha value is -2.43. The molecule has 2 aromatic rings. The molecule has 120 valence electrons. The monoisotopic (exact) mass is 310 g/mol. The van der Waals surface area contributed by atoms with Gasteiger partial charge in [0.15, 0.2) is 0 Å². The van der Waals surface area contributed by atoms with E-state index in [1.165, 1.54) is 11.1 Å². The Morgan fingerprint density at radius 2 is 1.78 bits per heavy atom. The minimum atomic E-state index is -0.500. The van der Waals surface area contributed by atoms with Gasteiger partial charge in [0.25, 0.3) is 5.91 Å². The van der Waals surface area contributed by atoms with Gasteiger partial charge >= 0.3 is 0 Å². The quantitative estimate of drug-likeness (QED) is 0.635. The molecule has 0 atom stereocenters. The van der Waals surface area contributed by atoms with Crippen LogP contribution in [-0.4, -0.2) is 29.6 Å². The highest BCUT2D eigenvalue weighted by molar-refractivity contribution is 5.93. The second-order valence-corrected chi connectivity index (χ2v) is 5.71. The van der Waals surface area contributed by atoms with E-state index in [4.69, 9.17) is 5.21 Å².